The van der Waals surface area contributed by atoms with E-state index >= 15 is 0 Å². The summed E-state index contributed by atoms with van der Waals surface area (Å²) in [6.07, 6.45) is 2.76. The van der Waals surface area contributed by atoms with Gasteiger partial charge in [-0.25, -0.2) is 4.79 Å². The number of urea groups is 1. The van der Waals surface area contributed by atoms with Crippen molar-refractivity contribution in [3.05, 3.63) is 71.3 Å². The Balaban J connectivity index is 1.47. The highest BCUT2D eigenvalue weighted by molar-refractivity contribution is 5.74. The van der Waals surface area contributed by atoms with E-state index in [0.717, 1.165) is 19.3 Å². The lowest BCUT2D eigenvalue weighted by Crippen LogP contribution is -2.48. The largest absolute Gasteiger partial charge is 0.337 e. The Hall–Kier alpha value is -2.33. The standard InChI is InChI=1S/C21H27N3O/c1-24(2)20(12-16-8-4-3-5-9-16)15-22-21(25)23-19-13-17-10-6-7-11-18(17)14-19/h3-11,19-20H,12-15H2,1-2H3,(H2,22,23,25). The molecule has 0 spiro atoms. The molecule has 2 amide bonds. The van der Waals surface area contributed by atoms with Gasteiger partial charge in [0, 0.05) is 18.6 Å². The van der Waals surface area contributed by atoms with E-state index in [-0.39, 0.29) is 18.1 Å². The van der Waals surface area contributed by atoms with Gasteiger partial charge in [-0.05, 0) is 50.0 Å². The fourth-order valence-corrected chi connectivity index (χ4v) is 3.43. The molecule has 0 saturated heterocycles. The molecule has 2 aromatic carbocycles. The average Bonchev–Trinajstić information content (AvgIpc) is 3.01. The van der Waals surface area contributed by atoms with Gasteiger partial charge in [-0.15, -0.1) is 0 Å². The first-order valence-electron chi connectivity index (χ1n) is 8.93. The van der Waals surface area contributed by atoms with Crippen LogP contribution < -0.4 is 10.6 Å². The van der Waals surface area contributed by atoms with Crippen LogP contribution in [0.25, 0.3) is 0 Å². The zero-order valence-corrected chi connectivity index (χ0v) is 15.0. The zero-order valence-electron chi connectivity index (χ0n) is 15.0. The van der Waals surface area contributed by atoms with Crippen LogP contribution in [-0.4, -0.2) is 43.7 Å². The first kappa shape index (κ1) is 17.5. The zero-order chi connectivity index (χ0) is 17.6. The number of nitrogens with one attached hydrogen (secondary N) is 2. The van der Waals surface area contributed by atoms with Crippen molar-refractivity contribution in [3.8, 4) is 0 Å². The van der Waals surface area contributed by atoms with Crippen LogP contribution in [0.5, 0.6) is 0 Å². The van der Waals surface area contributed by atoms with E-state index in [0.29, 0.717) is 6.54 Å². The summed E-state index contributed by atoms with van der Waals surface area (Å²) >= 11 is 0. The van der Waals surface area contributed by atoms with Crippen molar-refractivity contribution < 1.29 is 4.79 Å². The average molecular weight is 337 g/mol. The van der Waals surface area contributed by atoms with Crippen molar-refractivity contribution in [2.75, 3.05) is 20.6 Å². The third kappa shape index (κ3) is 4.83. The van der Waals surface area contributed by atoms with Crippen molar-refractivity contribution in [1.82, 2.24) is 15.5 Å². The molecule has 3 rings (SSSR count). The molecule has 1 aliphatic carbocycles. The van der Waals surface area contributed by atoms with E-state index in [1.165, 1.54) is 16.7 Å². The maximum absolute atomic E-state index is 12.3. The monoisotopic (exact) mass is 337 g/mol. The quantitative estimate of drug-likeness (QED) is 0.851. The summed E-state index contributed by atoms with van der Waals surface area (Å²) in [7, 11) is 4.11. The number of amides is 2. The summed E-state index contributed by atoms with van der Waals surface area (Å²) in [5, 5.41) is 6.16. The van der Waals surface area contributed by atoms with Crippen LogP contribution in [0, 0.1) is 0 Å². The van der Waals surface area contributed by atoms with Crippen LogP contribution in [0.3, 0.4) is 0 Å². The highest BCUT2D eigenvalue weighted by Crippen LogP contribution is 2.21. The Morgan fingerprint density at radius 1 is 1.04 bits per heavy atom. The third-order valence-corrected chi connectivity index (χ3v) is 4.93. The van der Waals surface area contributed by atoms with Gasteiger partial charge in [0.2, 0.25) is 0 Å². The fraction of sp³-hybridized carbons (Fsp3) is 0.381. The molecule has 0 fully saturated rings. The lowest BCUT2D eigenvalue weighted by molar-refractivity contribution is 0.228. The second-order valence-electron chi connectivity index (χ2n) is 7.04. The Kier molecular flexibility index (Phi) is 5.71. The maximum Gasteiger partial charge on any atom is 0.315 e. The van der Waals surface area contributed by atoms with Gasteiger partial charge in [0.05, 0.1) is 0 Å². The predicted octanol–water partition coefficient (Wildman–Crippen LogP) is 2.63. The number of hydrogen-bond donors (Lipinski definition) is 2. The predicted molar refractivity (Wildman–Crippen MR) is 102 cm³/mol. The van der Waals surface area contributed by atoms with Gasteiger partial charge in [-0.3, -0.25) is 0 Å². The minimum Gasteiger partial charge on any atom is -0.337 e. The number of nitrogens with zero attached hydrogens (tertiary/aromatic N) is 1. The van der Waals surface area contributed by atoms with E-state index in [2.05, 4.69) is 78.2 Å². The Morgan fingerprint density at radius 2 is 1.64 bits per heavy atom. The normalized spacial score (nSPS) is 15.0. The number of carbonyl (C=O) groups excluding carboxylic acids is 1. The van der Waals surface area contributed by atoms with Crippen molar-refractivity contribution >= 4 is 6.03 Å². The molecular weight excluding hydrogens is 310 g/mol. The first-order valence-corrected chi connectivity index (χ1v) is 8.93. The number of hydrogen-bond acceptors (Lipinski definition) is 2. The third-order valence-electron chi connectivity index (χ3n) is 4.93. The molecule has 4 nitrogen and oxygen atoms in total. The number of fused-ring (bicyclic) bond motifs is 1. The molecule has 1 aliphatic rings. The summed E-state index contributed by atoms with van der Waals surface area (Å²) in [4.78, 5) is 14.5. The Labute approximate surface area is 150 Å². The molecule has 25 heavy (non-hydrogen) atoms. The fourth-order valence-electron chi connectivity index (χ4n) is 3.43. The molecule has 1 unspecified atom stereocenters. The highest BCUT2D eigenvalue weighted by atomic mass is 16.2. The van der Waals surface area contributed by atoms with Crippen molar-refractivity contribution in [1.29, 1.82) is 0 Å². The molecule has 2 aromatic rings. The van der Waals surface area contributed by atoms with Gasteiger partial charge in [0.1, 0.15) is 0 Å². The summed E-state index contributed by atoms with van der Waals surface area (Å²) in [6, 6.07) is 19.2. The van der Waals surface area contributed by atoms with E-state index in [1.54, 1.807) is 0 Å². The molecule has 0 radical (unpaired) electrons. The van der Waals surface area contributed by atoms with Gasteiger partial charge in [0.15, 0.2) is 0 Å². The SMILES string of the molecule is CN(C)C(CNC(=O)NC1Cc2ccccc2C1)Cc1ccccc1. The number of likely N-dealkylation sites (N-methyl/N-ethyl adjacent to an activating group) is 1. The smallest absolute Gasteiger partial charge is 0.315 e. The van der Waals surface area contributed by atoms with Gasteiger partial charge in [-0.2, -0.15) is 0 Å². The molecule has 4 heteroatoms. The molecule has 2 N–H and O–H groups in total. The summed E-state index contributed by atoms with van der Waals surface area (Å²) < 4.78 is 0. The topological polar surface area (TPSA) is 44.4 Å². The summed E-state index contributed by atoms with van der Waals surface area (Å²) in [5.41, 5.74) is 3.99. The van der Waals surface area contributed by atoms with Crippen LogP contribution in [0.15, 0.2) is 54.6 Å². The van der Waals surface area contributed by atoms with Gasteiger partial charge in [0.25, 0.3) is 0 Å². The van der Waals surface area contributed by atoms with E-state index in [4.69, 9.17) is 0 Å². The second kappa shape index (κ2) is 8.17. The summed E-state index contributed by atoms with van der Waals surface area (Å²) in [5.74, 6) is 0. The van der Waals surface area contributed by atoms with Crippen LogP contribution >= 0.6 is 0 Å². The lowest BCUT2D eigenvalue weighted by atomic mass is 10.1. The summed E-state index contributed by atoms with van der Waals surface area (Å²) in [6.45, 7) is 0.632. The highest BCUT2D eigenvalue weighted by Gasteiger charge is 2.22. The van der Waals surface area contributed by atoms with Crippen molar-refractivity contribution in [2.24, 2.45) is 0 Å². The van der Waals surface area contributed by atoms with Gasteiger partial charge in [-0.1, -0.05) is 54.6 Å². The van der Waals surface area contributed by atoms with Crippen LogP contribution in [0.2, 0.25) is 0 Å². The Morgan fingerprint density at radius 3 is 2.24 bits per heavy atom. The molecule has 0 bridgehead atoms. The first-order chi connectivity index (χ1) is 12.1. The molecule has 132 valence electrons. The maximum atomic E-state index is 12.3. The van der Waals surface area contributed by atoms with E-state index in [9.17, 15) is 4.79 Å². The molecule has 1 atom stereocenters. The number of benzene rings is 2. The lowest BCUT2D eigenvalue weighted by Gasteiger charge is -2.25. The van der Waals surface area contributed by atoms with Crippen LogP contribution in [0.4, 0.5) is 4.79 Å². The minimum atomic E-state index is -0.0716. The number of carbonyl (C=O) groups is 1. The second-order valence-corrected chi connectivity index (χ2v) is 7.04. The molecule has 0 aliphatic heterocycles. The molecule has 0 aromatic heterocycles. The van der Waals surface area contributed by atoms with Crippen molar-refractivity contribution in [3.63, 3.8) is 0 Å². The Bertz CT molecular complexity index is 674. The molecular formula is C21H27N3O. The number of rotatable bonds is 6. The molecule has 0 heterocycles. The van der Waals surface area contributed by atoms with E-state index in [1.807, 2.05) is 6.07 Å². The van der Waals surface area contributed by atoms with Crippen LogP contribution in [-0.2, 0) is 19.3 Å². The molecule has 0 saturated carbocycles. The van der Waals surface area contributed by atoms with Crippen LogP contribution in [0.1, 0.15) is 16.7 Å². The minimum absolute atomic E-state index is 0.0716. The van der Waals surface area contributed by atoms with E-state index < -0.39 is 0 Å². The van der Waals surface area contributed by atoms with Gasteiger partial charge < -0.3 is 15.5 Å². The van der Waals surface area contributed by atoms with Crippen molar-refractivity contribution in [2.45, 2.75) is 31.3 Å². The van der Waals surface area contributed by atoms with Gasteiger partial charge >= 0.3 is 6.03 Å².